The minimum Gasteiger partial charge on any atom is -0.289 e. The lowest BCUT2D eigenvalue weighted by atomic mass is 10.1. The number of hydrogen-bond donors (Lipinski definition) is 0. The predicted molar refractivity (Wildman–Crippen MR) is 71.8 cm³/mol. The molecule has 0 spiro atoms. The summed E-state index contributed by atoms with van der Waals surface area (Å²) in [6, 6.07) is 11.3. The van der Waals surface area contributed by atoms with Crippen LogP contribution < -0.4 is 0 Å². The summed E-state index contributed by atoms with van der Waals surface area (Å²) in [5.41, 5.74) is 0.705. The molecule has 0 N–H and O–H groups in total. The van der Waals surface area contributed by atoms with Crippen LogP contribution in [-0.4, -0.2) is 5.78 Å². The van der Waals surface area contributed by atoms with Crippen molar-refractivity contribution < 1.29 is 4.79 Å². The van der Waals surface area contributed by atoms with Gasteiger partial charge in [0.15, 0.2) is 5.78 Å². The van der Waals surface area contributed by atoms with Crippen molar-refractivity contribution in [2.45, 2.75) is 0 Å². The zero-order chi connectivity index (χ0) is 11.4. The Hall–Kier alpha value is -1.19. The summed E-state index contributed by atoms with van der Waals surface area (Å²) in [6.45, 7) is 0. The minimum atomic E-state index is 0.0286. The quantitative estimate of drug-likeness (QED) is 0.605. The van der Waals surface area contributed by atoms with Gasteiger partial charge in [0.05, 0.1) is 0 Å². The van der Waals surface area contributed by atoms with E-state index in [9.17, 15) is 4.79 Å². The molecule has 0 atom stereocenters. The zero-order valence-electron chi connectivity index (χ0n) is 8.39. The molecule has 2 aromatic rings. The van der Waals surface area contributed by atoms with Crippen LogP contribution in [0.25, 0.3) is 6.08 Å². The topological polar surface area (TPSA) is 17.1 Å². The maximum atomic E-state index is 11.8. The monoisotopic (exact) mass is 292 g/mol. The van der Waals surface area contributed by atoms with Crippen molar-refractivity contribution in [3.63, 3.8) is 0 Å². The number of rotatable bonds is 3. The Morgan fingerprint density at radius 3 is 2.56 bits per heavy atom. The summed E-state index contributed by atoms with van der Waals surface area (Å²) in [7, 11) is 0. The van der Waals surface area contributed by atoms with Gasteiger partial charge in [-0.15, -0.1) is 11.3 Å². The van der Waals surface area contributed by atoms with Crippen molar-refractivity contribution in [2.24, 2.45) is 0 Å². The van der Waals surface area contributed by atoms with Gasteiger partial charge in [-0.1, -0.05) is 22.0 Å². The van der Waals surface area contributed by atoms with Crippen molar-refractivity contribution >= 4 is 39.1 Å². The van der Waals surface area contributed by atoms with Gasteiger partial charge in [0.25, 0.3) is 0 Å². The lowest BCUT2D eigenvalue weighted by Gasteiger charge is -1.95. The first-order valence-corrected chi connectivity index (χ1v) is 6.44. The van der Waals surface area contributed by atoms with Gasteiger partial charge in [-0.05, 0) is 47.9 Å². The molecule has 0 aliphatic rings. The fourth-order valence-corrected chi connectivity index (χ4v) is 2.14. The second-order valence-corrected chi connectivity index (χ2v) is 5.11. The summed E-state index contributed by atoms with van der Waals surface area (Å²) >= 11 is 4.95. The molecule has 80 valence electrons. The van der Waals surface area contributed by atoms with E-state index in [4.69, 9.17) is 0 Å². The highest BCUT2D eigenvalue weighted by Crippen LogP contribution is 2.13. The zero-order valence-corrected chi connectivity index (χ0v) is 10.8. The second-order valence-electron chi connectivity index (χ2n) is 3.22. The Bertz CT molecular complexity index is 497. The van der Waals surface area contributed by atoms with Crippen LogP contribution in [0.4, 0.5) is 0 Å². The third-order valence-electron chi connectivity index (χ3n) is 2.07. The van der Waals surface area contributed by atoms with Crippen LogP contribution >= 0.6 is 27.3 Å². The number of carbonyl (C=O) groups is 1. The van der Waals surface area contributed by atoms with Crippen LogP contribution in [0.15, 0.2) is 52.3 Å². The van der Waals surface area contributed by atoms with Crippen molar-refractivity contribution in [3.8, 4) is 0 Å². The van der Waals surface area contributed by atoms with E-state index in [-0.39, 0.29) is 5.78 Å². The number of halogens is 1. The number of thiophene rings is 1. The molecule has 0 radical (unpaired) electrons. The SMILES string of the molecule is O=C(C=Cc1cccs1)c1ccc(Br)cc1. The largest absolute Gasteiger partial charge is 0.289 e. The smallest absolute Gasteiger partial charge is 0.185 e. The van der Waals surface area contributed by atoms with Gasteiger partial charge in [-0.2, -0.15) is 0 Å². The standard InChI is InChI=1S/C13H9BrOS/c14-11-5-3-10(4-6-11)13(15)8-7-12-2-1-9-16-12/h1-9H. The normalized spacial score (nSPS) is 10.8. The van der Waals surface area contributed by atoms with Gasteiger partial charge in [0.1, 0.15) is 0 Å². The first-order chi connectivity index (χ1) is 7.75. The summed E-state index contributed by atoms with van der Waals surface area (Å²) in [4.78, 5) is 12.8. The number of hydrogen-bond acceptors (Lipinski definition) is 2. The molecule has 0 aliphatic heterocycles. The average Bonchev–Trinajstić information content (AvgIpc) is 2.80. The molecule has 1 heterocycles. The first-order valence-electron chi connectivity index (χ1n) is 4.77. The van der Waals surface area contributed by atoms with E-state index in [0.29, 0.717) is 5.56 Å². The van der Waals surface area contributed by atoms with E-state index < -0.39 is 0 Å². The molecule has 0 fully saturated rings. The Labute approximate surface area is 107 Å². The fraction of sp³-hybridized carbons (Fsp3) is 0. The van der Waals surface area contributed by atoms with E-state index in [1.807, 2.05) is 47.9 Å². The molecular formula is C13H9BrOS. The molecule has 2 rings (SSSR count). The Morgan fingerprint density at radius 2 is 1.94 bits per heavy atom. The van der Waals surface area contributed by atoms with Crippen LogP contribution in [-0.2, 0) is 0 Å². The van der Waals surface area contributed by atoms with Crippen molar-refractivity contribution in [1.29, 1.82) is 0 Å². The van der Waals surface area contributed by atoms with E-state index in [1.165, 1.54) is 0 Å². The molecular weight excluding hydrogens is 284 g/mol. The highest BCUT2D eigenvalue weighted by atomic mass is 79.9. The number of benzene rings is 1. The third kappa shape index (κ3) is 2.90. The molecule has 0 bridgehead atoms. The lowest BCUT2D eigenvalue weighted by Crippen LogP contribution is -1.92. The highest BCUT2D eigenvalue weighted by Gasteiger charge is 2.00. The second kappa shape index (κ2) is 5.23. The Morgan fingerprint density at radius 1 is 1.19 bits per heavy atom. The van der Waals surface area contributed by atoms with E-state index in [0.717, 1.165) is 9.35 Å². The van der Waals surface area contributed by atoms with Crippen LogP contribution in [0, 0.1) is 0 Å². The van der Waals surface area contributed by atoms with Crippen molar-refractivity contribution in [2.75, 3.05) is 0 Å². The summed E-state index contributed by atoms with van der Waals surface area (Å²) in [5, 5.41) is 1.99. The van der Waals surface area contributed by atoms with Gasteiger partial charge in [-0.3, -0.25) is 4.79 Å². The molecule has 0 amide bonds. The third-order valence-corrected chi connectivity index (χ3v) is 3.44. The van der Waals surface area contributed by atoms with Gasteiger partial charge >= 0.3 is 0 Å². The molecule has 3 heteroatoms. The van der Waals surface area contributed by atoms with Gasteiger partial charge in [0, 0.05) is 14.9 Å². The van der Waals surface area contributed by atoms with Crippen LogP contribution in [0.3, 0.4) is 0 Å². The number of carbonyl (C=O) groups excluding carboxylic acids is 1. The van der Waals surface area contributed by atoms with Crippen molar-refractivity contribution in [3.05, 3.63) is 62.8 Å². The van der Waals surface area contributed by atoms with E-state index in [2.05, 4.69) is 15.9 Å². The van der Waals surface area contributed by atoms with E-state index in [1.54, 1.807) is 17.4 Å². The van der Waals surface area contributed by atoms with E-state index >= 15 is 0 Å². The molecule has 1 nitrogen and oxygen atoms in total. The molecule has 1 aromatic carbocycles. The summed E-state index contributed by atoms with van der Waals surface area (Å²) < 4.78 is 0.978. The number of allylic oxidation sites excluding steroid dienone is 1. The van der Waals surface area contributed by atoms with Crippen LogP contribution in [0.2, 0.25) is 0 Å². The first kappa shape index (κ1) is 11.3. The molecule has 0 saturated heterocycles. The van der Waals surface area contributed by atoms with Crippen molar-refractivity contribution in [1.82, 2.24) is 0 Å². The molecule has 1 aromatic heterocycles. The molecule has 16 heavy (non-hydrogen) atoms. The fourth-order valence-electron chi connectivity index (χ4n) is 1.25. The Kier molecular flexibility index (Phi) is 3.70. The maximum absolute atomic E-state index is 11.8. The molecule has 0 unspecified atom stereocenters. The van der Waals surface area contributed by atoms with Gasteiger partial charge in [0.2, 0.25) is 0 Å². The predicted octanol–water partition coefficient (Wildman–Crippen LogP) is 4.41. The lowest BCUT2D eigenvalue weighted by molar-refractivity contribution is 0.104. The summed E-state index contributed by atoms with van der Waals surface area (Å²) in [6.07, 6.45) is 3.45. The molecule has 0 aliphatic carbocycles. The van der Waals surface area contributed by atoms with Gasteiger partial charge < -0.3 is 0 Å². The Balaban J connectivity index is 2.11. The highest BCUT2D eigenvalue weighted by molar-refractivity contribution is 9.10. The average molecular weight is 293 g/mol. The van der Waals surface area contributed by atoms with Crippen LogP contribution in [0.5, 0.6) is 0 Å². The van der Waals surface area contributed by atoms with Gasteiger partial charge in [-0.25, -0.2) is 0 Å². The minimum absolute atomic E-state index is 0.0286. The summed E-state index contributed by atoms with van der Waals surface area (Å²) in [5.74, 6) is 0.0286. The molecule has 0 saturated carbocycles. The number of ketones is 1. The van der Waals surface area contributed by atoms with Crippen LogP contribution in [0.1, 0.15) is 15.2 Å². The maximum Gasteiger partial charge on any atom is 0.185 e.